The van der Waals surface area contributed by atoms with E-state index >= 15 is 0 Å². The Kier molecular flexibility index (Phi) is 6.01. The Balaban J connectivity index is 1.53. The maximum absolute atomic E-state index is 12.7. The molecule has 0 aliphatic rings. The van der Waals surface area contributed by atoms with Crippen LogP contribution in [0, 0.1) is 6.92 Å². The second-order valence-electron chi connectivity index (χ2n) is 7.12. The average Bonchev–Trinajstić information content (AvgIpc) is 3.15. The fourth-order valence-corrected chi connectivity index (χ4v) is 4.13. The van der Waals surface area contributed by atoms with Crippen molar-refractivity contribution < 1.29 is 18.0 Å². The number of pyridine rings is 1. The Morgan fingerprint density at radius 2 is 1.70 bits per heavy atom. The van der Waals surface area contributed by atoms with Crippen molar-refractivity contribution in [2.45, 2.75) is 13.1 Å². The summed E-state index contributed by atoms with van der Waals surface area (Å²) in [5.41, 5.74) is 8.23. The molecule has 2 amide bonds. The van der Waals surface area contributed by atoms with Gasteiger partial charge in [0.15, 0.2) is 0 Å². The Hall–Kier alpha value is -3.92. The summed E-state index contributed by atoms with van der Waals surface area (Å²) in [7, 11) is 0. The van der Waals surface area contributed by atoms with Crippen molar-refractivity contribution in [2.24, 2.45) is 0 Å². The van der Waals surface area contributed by atoms with Crippen molar-refractivity contribution >= 4 is 34.6 Å². The number of nitrogens with one attached hydrogen (secondary N) is 2. The van der Waals surface area contributed by atoms with Gasteiger partial charge in [-0.05, 0) is 61.0 Å². The van der Waals surface area contributed by atoms with Crippen LogP contribution in [0.25, 0.3) is 21.7 Å². The predicted octanol–water partition coefficient (Wildman–Crippen LogP) is 6.43. The predicted molar refractivity (Wildman–Crippen MR) is 124 cm³/mol. The summed E-state index contributed by atoms with van der Waals surface area (Å²) in [5, 5.41) is 6.10. The molecule has 4 aromatic rings. The van der Waals surface area contributed by atoms with E-state index in [1.807, 2.05) is 19.1 Å². The van der Waals surface area contributed by atoms with E-state index in [9.17, 15) is 18.0 Å². The van der Waals surface area contributed by atoms with Gasteiger partial charge in [0.25, 0.3) is 0 Å². The van der Waals surface area contributed by atoms with Crippen LogP contribution in [-0.2, 0) is 6.18 Å². The minimum Gasteiger partial charge on any atom is -0.384 e. The summed E-state index contributed by atoms with van der Waals surface area (Å²) in [4.78, 5) is 21.9. The third kappa shape index (κ3) is 5.29. The van der Waals surface area contributed by atoms with Crippen molar-refractivity contribution in [1.82, 2.24) is 9.97 Å². The average molecular weight is 469 g/mol. The number of hydrogen-bond donors (Lipinski definition) is 3. The van der Waals surface area contributed by atoms with Crippen molar-refractivity contribution in [3.05, 3.63) is 77.4 Å². The van der Waals surface area contributed by atoms with Crippen LogP contribution in [0.3, 0.4) is 0 Å². The lowest BCUT2D eigenvalue weighted by Crippen LogP contribution is -2.19. The van der Waals surface area contributed by atoms with Crippen molar-refractivity contribution in [3.63, 3.8) is 0 Å². The van der Waals surface area contributed by atoms with Gasteiger partial charge >= 0.3 is 12.2 Å². The van der Waals surface area contributed by atoms with Crippen LogP contribution in [0.5, 0.6) is 0 Å². The maximum atomic E-state index is 12.7. The largest absolute Gasteiger partial charge is 0.416 e. The van der Waals surface area contributed by atoms with Crippen molar-refractivity contribution in [3.8, 4) is 21.7 Å². The minimum absolute atomic E-state index is 0.243. The lowest BCUT2D eigenvalue weighted by atomic mass is 10.1. The fraction of sp³-hybridized carbons (Fsp3) is 0.0870. The molecule has 33 heavy (non-hydrogen) atoms. The van der Waals surface area contributed by atoms with Crippen molar-refractivity contribution in [1.29, 1.82) is 0 Å². The molecule has 0 fully saturated rings. The number of nitrogen functional groups attached to an aromatic ring is 1. The number of halogens is 3. The summed E-state index contributed by atoms with van der Waals surface area (Å²) in [5.74, 6) is 0.388. The highest BCUT2D eigenvalue weighted by Gasteiger charge is 2.30. The molecule has 0 atom stereocenters. The molecule has 4 N–H and O–H groups in total. The number of anilines is 3. The number of amides is 2. The molecule has 0 aliphatic carbocycles. The molecule has 0 saturated carbocycles. The second-order valence-corrected chi connectivity index (χ2v) is 8.32. The molecule has 0 spiro atoms. The zero-order valence-corrected chi connectivity index (χ0v) is 18.1. The van der Waals surface area contributed by atoms with E-state index in [2.05, 4.69) is 20.6 Å². The number of hydrogen-bond acceptors (Lipinski definition) is 5. The first-order valence-electron chi connectivity index (χ1n) is 9.74. The minimum atomic E-state index is -4.43. The molecule has 2 aromatic carbocycles. The van der Waals surface area contributed by atoms with E-state index in [4.69, 9.17) is 5.73 Å². The second kappa shape index (κ2) is 8.91. The summed E-state index contributed by atoms with van der Waals surface area (Å²) in [6.45, 7) is 1.90. The summed E-state index contributed by atoms with van der Waals surface area (Å²) in [6, 6.07) is 14.4. The van der Waals surface area contributed by atoms with Crippen molar-refractivity contribution in [2.75, 3.05) is 16.4 Å². The first-order chi connectivity index (χ1) is 15.7. The summed E-state index contributed by atoms with van der Waals surface area (Å²) >= 11 is 1.51. The highest BCUT2D eigenvalue weighted by molar-refractivity contribution is 7.15. The Morgan fingerprint density at radius 3 is 2.39 bits per heavy atom. The Labute approximate surface area is 191 Å². The molecule has 10 heteroatoms. The lowest BCUT2D eigenvalue weighted by molar-refractivity contribution is -0.137. The van der Waals surface area contributed by atoms with Gasteiger partial charge in [-0.3, -0.25) is 0 Å². The number of benzene rings is 2. The van der Waals surface area contributed by atoms with E-state index < -0.39 is 17.8 Å². The van der Waals surface area contributed by atoms with E-state index in [-0.39, 0.29) is 5.69 Å². The van der Waals surface area contributed by atoms with E-state index in [1.54, 1.807) is 30.5 Å². The number of carbonyl (C=O) groups excluding carboxylic acids is 1. The van der Waals surface area contributed by atoms with Crippen LogP contribution in [0.2, 0.25) is 0 Å². The number of nitrogens with two attached hydrogens (primary N) is 1. The van der Waals surface area contributed by atoms with Gasteiger partial charge in [0.1, 0.15) is 5.82 Å². The summed E-state index contributed by atoms with van der Waals surface area (Å²) < 4.78 is 38.1. The zero-order chi connectivity index (χ0) is 23.6. The highest BCUT2D eigenvalue weighted by Crippen LogP contribution is 2.37. The molecule has 0 aliphatic heterocycles. The Bertz CT molecular complexity index is 1300. The van der Waals surface area contributed by atoms with E-state index in [0.717, 1.165) is 38.8 Å². The zero-order valence-electron chi connectivity index (χ0n) is 17.3. The topological polar surface area (TPSA) is 92.9 Å². The molecule has 0 saturated heterocycles. The van der Waals surface area contributed by atoms with Gasteiger partial charge in [-0.2, -0.15) is 13.2 Å². The number of rotatable bonds is 4. The van der Waals surface area contributed by atoms with Gasteiger partial charge < -0.3 is 16.4 Å². The van der Waals surface area contributed by atoms with Crippen LogP contribution < -0.4 is 16.4 Å². The molecular formula is C23H18F3N5OS. The van der Waals surface area contributed by atoms with Gasteiger partial charge in [0.2, 0.25) is 0 Å². The molecule has 0 radical (unpaired) electrons. The standard InChI is InChI=1S/C23H18F3N5OS/c1-13-29-20(14-9-10-28-19(27)12-14)21(33-13)15-3-2-4-18(11-15)31-22(32)30-17-7-5-16(6-8-17)23(24,25)26/h2-12H,1H3,(H2,27,28)(H2,30,31,32). The number of carbonyl (C=O) groups is 1. The van der Waals surface area contributed by atoms with Crippen LogP contribution in [0.15, 0.2) is 66.9 Å². The SMILES string of the molecule is Cc1nc(-c2ccnc(N)c2)c(-c2cccc(NC(=O)Nc3ccc(C(F)(F)F)cc3)c2)s1. The maximum Gasteiger partial charge on any atom is 0.416 e. The first-order valence-corrected chi connectivity index (χ1v) is 10.6. The molecule has 6 nitrogen and oxygen atoms in total. The molecule has 2 heterocycles. The third-order valence-electron chi connectivity index (χ3n) is 4.64. The van der Waals surface area contributed by atoms with Crippen LogP contribution in [0.1, 0.15) is 10.6 Å². The Morgan fingerprint density at radius 1 is 0.970 bits per heavy atom. The van der Waals surface area contributed by atoms with Crippen LogP contribution >= 0.6 is 11.3 Å². The lowest BCUT2D eigenvalue weighted by Gasteiger charge is -2.11. The number of thiazole rings is 1. The molecule has 0 unspecified atom stereocenters. The highest BCUT2D eigenvalue weighted by atomic mass is 32.1. The van der Waals surface area contributed by atoms with Crippen LogP contribution in [0.4, 0.5) is 35.2 Å². The number of aryl methyl sites for hydroxylation is 1. The molecule has 4 rings (SSSR count). The summed E-state index contributed by atoms with van der Waals surface area (Å²) in [6.07, 6.45) is -2.82. The smallest absolute Gasteiger partial charge is 0.384 e. The van der Waals surface area contributed by atoms with Gasteiger partial charge in [0.05, 0.1) is 21.1 Å². The van der Waals surface area contributed by atoms with E-state index in [0.29, 0.717) is 11.5 Å². The molecule has 2 aromatic heterocycles. The number of alkyl halides is 3. The van der Waals surface area contributed by atoms with E-state index in [1.165, 1.54) is 23.5 Å². The third-order valence-corrected chi connectivity index (χ3v) is 5.66. The van der Waals surface area contributed by atoms with Crippen LogP contribution in [-0.4, -0.2) is 16.0 Å². The van der Waals surface area contributed by atoms with Gasteiger partial charge in [-0.1, -0.05) is 12.1 Å². The quantitative estimate of drug-likeness (QED) is 0.321. The normalized spacial score (nSPS) is 11.3. The monoisotopic (exact) mass is 469 g/mol. The van der Waals surface area contributed by atoms with Gasteiger partial charge in [0, 0.05) is 23.1 Å². The molecular weight excluding hydrogens is 451 g/mol. The van der Waals surface area contributed by atoms with Gasteiger partial charge in [-0.25, -0.2) is 14.8 Å². The van der Waals surface area contributed by atoms with Gasteiger partial charge in [-0.15, -0.1) is 11.3 Å². The number of urea groups is 1. The fourth-order valence-electron chi connectivity index (χ4n) is 3.19. The number of aromatic nitrogens is 2. The molecule has 168 valence electrons. The number of nitrogens with zero attached hydrogens (tertiary/aromatic N) is 2. The first kappa shape index (κ1) is 22.3. The molecule has 0 bridgehead atoms.